The third-order valence-electron chi connectivity index (χ3n) is 3.21. The Kier molecular flexibility index (Phi) is 6.38. The number of carbonyl (C=O) groups is 1. The summed E-state index contributed by atoms with van der Waals surface area (Å²) in [5, 5.41) is 3.34. The monoisotopic (exact) mass is 380 g/mol. The van der Waals surface area contributed by atoms with E-state index in [0.29, 0.717) is 6.04 Å². The van der Waals surface area contributed by atoms with Crippen molar-refractivity contribution in [2.24, 2.45) is 0 Å². The predicted octanol–water partition coefficient (Wildman–Crippen LogP) is 2.54. The van der Waals surface area contributed by atoms with Crippen molar-refractivity contribution in [3.63, 3.8) is 0 Å². The molecule has 1 saturated heterocycles. The fourth-order valence-electron chi connectivity index (χ4n) is 2.15. The molecule has 1 fully saturated rings. The highest BCUT2D eigenvalue weighted by molar-refractivity contribution is 14.1. The van der Waals surface area contributed by atoms with Crippen molar-refractivity contribution >= 4 is 40.9 Å². The van der Waals surface area contributed by atoms with Crippen LogP contribution >= 0.6 is 35.0 Å². The van der Waals surface area contributed by atoms with Gasteiger partial charge in [-0.25, -0.2) is 0 Å². The van der Waals surface area contributed by atoms with E-state index >= 15 is 0 Å². The number of benzene rings is 1. The Labute approximate surface area is 128 Å². The highest BCUT2D eigenvalue weighted by Gasteiger charge is 2.22. The summed E-state index contributed by atoms with van der Waals surface area (Å²) in [6.45, 7) is 1.98. The molecule has 100 valence electrons. The summed E-state index contributed by atoms with van der Waals surface area (Å²) in [4.78, 5) is 14.2. The average molecular weight is 381 g/mol. The lowest BCUT2D eigenvalue weighted by Gasteiger charge is -2.31. The maximum atomic E-state index is 12.3. The molecule has 1 heterocycles. The number of hydrogen-bond donors (Lipinski definition) is 1. The first kappa shape index (κ1) is 15.7. The molecule has 1 aliphatic rings. The molecule has 5 heteroatoms. The summed E-state index contributed by atoms with van der Waals surface area (Å²) in [6.07, 6.45) is 2.24. The van der Waals surface area contributed by atoms with Crippen molar-refractivity contribution in [2.75, 3.05) is 20.1 Å². The molecular weight excluding hydrogens is 363 g/mol. The minimum atomic E-state index is 0. The largest absolute Gasteiger partial charge is 0.337 e. The van der Waals surface area contributed by atoms with E-state index in [1.165, 1.54) is 0 Å². The quantitative estimate of drug-likeness (QED) is 0.800. The zero-order chi connectivity index (χ0) is 12.3. The fourth-order valence-corrected chi connectivity index (χ4v) is 2.70. The number of halogens is 2. The number of carbonyl (C=O) groups excluding carboxylic acids is 1. The Balaban J connectivity index is 0.00000162. The molecule has 0 aliphatic carbocycles. The minimum Gasteiger partial charge on any atom is -0.337 e. The molecule has 3 nitrogen and oxygen atoms in total. The fraction of sp³-hybridized carbons (Fsp3) is 0.462. The number of likely N-dealkylation sites (N-methyl/N-ethyl adjacent to an activating group) is 1. The Bertz CT molecular complexity index is 408. The van der Waals surface area contributed by atoms with Gasteiger partial charge in [0.15, 0.2) is 0 Å². The second kappa shape index (κ2) is 7.31. The smallest absolute Gasteiger partial charge is 0.253 e. The van der Waals surface area contributed by atoms with Gasteiger partial charge in [0.05, 0.1) is 0 Å². The molecule has 1 amide bonds. The van der Waals surface area contributed by atoms with Gasteiger partial charge in [-0.15, -0.1) is 12.4 Å². The predicted molar refractivity (Wildman–Crippen MR) is 84.4 cm³/mol. The van der Waals surface area contributed by atoms with E-state index in [2.05, 4.69) is 27.9 Å². The van der Waals surface area contributed by atoms with Gasteiger partial charge in [-0.2, -0.15) is 0 Å². The van der Waals surface area contributed by atoms with Gasteiger partial charge in [-0.3, -0.25) is 4.79 Å². The zero-order valence-electron chi connectivity index (χ0n) is 10.4. The topological polar surface area (TPSA) is 32.3 Å². The van der Waals surface area contributed by atoms with Crippen molar-refractivity contribution in [3.8, 4) is 0 Å². The third-order valence-corrected chi connectivity index (χ3v) is 3.88. The van der Waals surface area contributed by atoms with Crippen molar-refractivity contribution in [1.82, 2.24) is 10.2 Å². The Hall–Kier alpha value is -0.330. The van der Waals surface area contributed by atoms with E-state index in [1.807, 2.05) is 36.2 Å². The number of piperidine rings is 1. The minimum absolute atomic E-state index is 0. The maximum Gasteiger partial charge on any atom is 0.253 e. The van der Waals surface area contributed by atoms with Crippen molar-refractivity contribution in [2.45, 2.75) is 18.9 Å². The molecule has 1 N–H and O–H groups in total. The van der Waals surface area contributed by atoms with Gasteiger partial charge in [0.2, 0.25) is 0 Å². The highest BCUT2D eigenvalue weighted by Crippen LogP contribution is 2.14. The van der Waals surface area contributed by atoms with Crippen LogP contribution in [0.3, 0.4) is 0 Å². The first-order valence-corrected chi connectivity index (χ1v) is 7.00. The van der Waals surface area contributed by atoms with Crippen molar-refractivity contribution in [3.05, 3.63) is 33.4 Å². The Morgan fingerprint density at radius 2 is 2.28 bits per heavy atom. The summed E-state index contributed by atoms with van der Waals surface area (Å²) < 4.78 is 1.10. The van der Waals surface area contributed by atoms with Crippen LogP contribution in [-0.4, -0.2) is 37.0 Å². The van der Waals surface area contributed by atoms with Crippen LogP contribution in [0.1, 0.15) is 23.2 Å². The maximum absolute atomic E-state index is 12.3. The standard InChI is InChI=1S/C13H17IN2O.ClH/c1-16(12-6-3-7-15-9-12)13(17)10-4-2-5-11(14)8-10;/h2,4-5,8,12,15H,3,6-7,9H2,1H3;1H. The molecule has 1 aromatic carbocycles. The molecule has 1 aromatic rings. The van der Waals surface area contributed by atoms with Crippen LogP contribution < -0.4 is 5.32 Å². The summed E-state index contributed by atoms with van der Waals surface area (Å²) in [7, 11) is 1.90. The SMILES string of the molecule is CN(C(=O)c1cccc(I)c1)C1CCCNC1.Cl. The lowest BCUT2D eigenvalue weighted by atomic mass is 10.1. The normalized spacial score (nSPS) is 18.9. The van der Waals surface area contributed by atoms with Crippen molar-refractivity contribution in [1.29, 1.82) is 0 Å². The molecule has 0 aromatic heterocycles. The van der Waals surface area contributed by atoms with Crippen LogP contribution in [0.15, 0.2) is 24.3 Å². The number of rotatable bonds is 2. The second-order valence-corrected chi connectivity index (χ2v) is 5.67. The van der Waals surface area contributed by atoms with Crippen LogP contribution in [0.5, 0.6) is 0 Å². The van der Waals surface area contributed by atoms with E-state index in [0.717, 1.165) is 35.1 Å². The van der Waals surface area contributed by atoms with E-state index in [1.54, 1.807) is 0 Å². The van der Waals surface area contributed by atoms with Gasteiger partial charge in [-0.05, 0) is 60.2 Å². The molecule has 18 heavy (non-hydrogen) atoms. The molecule has 2 rings (SSSR count). The number of nitrogens with zero attached hydrogens (tertiary/aromatic N) is 1. The van der Waals surface area contributed by atoms with Crippen LogP contribution in [0.25, 0.3) is 0 Å². The van der Waals surface area contributed by atoms with Crippen LogP contribution in [0.2, 0.25) is 0 Å². The zero-order valence-corrected chi connectivity index (χ0v) is 13.3. The van der Waals surface area contributed by atoms with Gasteiger partial charge in [0.25, 0.3) is 5.91 Å². The summed E-state index contributed by atoms with van der Waals surface area (Å²) in [6, 6.07) is 8.09. The number of nitrogens with one attached hydrogen (secondary N) is 1. The van der Waals surface area contributed by atoms with E-state index in [4.69, 9.17) is 0 Å². The van der Waals surface area contributed by atoms with E-state index in [-0.39, 0.29) is 18.3 Å². The average Bonchev–Trinajstić information content (AvgIpc) is 2.38. The lowest BCUT2D eigenvalue weighted by molar-refractivity contribution is 0.0708. The first-order chi connectivity index (χ1) is 8.18. The van der Waals surface area contributed by atoms with E-state index < -0.39 is 0 Å². The van der Waals surface area contributed by atoms with Gasteiger partial charge in [0.1, 0.15) is 0 Å². The van der Waals surface area contributed by atoms with Crippen LogP contribution in [0, 0.1) is 3.57 Å². The van der Waals surface area contributed by atoms with Gasteiger partial charge in [0, 0.05) is 28.8 Å². The molecular formula is C13H18ClIN2O. The van der Waals surface area contributed by atoms with E-state index in [9.17, 15) is 4.79 Å². The lowest BCUT2D eigenvalue weighted by Crippen LogP contribution is -2.46. The molecule has 0 spiro atoms. The molecule has 0 bridgehead atoms. The number of hydrogen-bond acceptors (Lipinski definition) is 2. The third kappa shape index (κ3) is 3.83. The van der Waals surface area contributed by atoms with Gasteiger partial charge < -0.3 is 10.2 Å². The van der Waals surface area contributed by atoms with Crippen LogP contribution in [0.4, 0.5) is 0 Å². The highest BCUT2D eigenvalue weighted by atomic mass is 127. The van der Waals surface area contributed by atoms with Gasteiger partial charge >= 0.3 is 0 Å². The molecule has 0 radical (unpaired) electrons. The first-order valence-electron chi connectivity index (χ1n) is 5.92. The van der Waals surface area contributed by atoms with Crippen LogP contribution in [-0.2, 0) is 0 Å². The Morgan fingerprint density at radius 1 is 1.50 bits per heavy atom. The van der Waals surface area contributed by atoms with Gasteiger partial charge in [-0.1, -0.05) is 6.07 Å². The molecule has 1 atom stereocenters. The second-order valence-electron chi connectivity index (χ2n) is 4.43. The summed E-state index contributed by atoms with van der Waals surface area (Å²) in [5.41, 5.74) is 0.782. The summed E-state index contributed by atoms with van der Waals surface area (Å²) >= 11 is 2.23. The molecule has 0 saturated carbocycles. The molecule has 1 aliphatic heterocycles. The van der Waals surface area contributed by atoms with Crippen molar-refractivity contribution < 1.29 is 4.79 Å². The Morgan fingerprint density at radius 3 is 2.89 bits per heavy atom. The summed E-state index contributed by atoms with van der Waals surface area (Å²) in [5.74, 6) is 0.122. The molecule has 1 unspecified atom stereocenters. The number of amides is 1.